The molecule has 0 aliphatic heterocycles. The molecule has 0 aliphatic carbocycles. The van der Waals surface area contributed by atoms with Crippen LogP contribution in [0.25, 0.3) is 5.69 Å². The minimum Gasteiger partial charge on any atom is -0.219 e. The molecular formula is C10H8BrCl2N3. The molecule has 2 rings (SSSR count). The highest BCUT2D eigenvalue weighted by Gasteiger charge is 2.06. The zero-order valence-corrected chi connectivity index (χ0v) is 11.3. The lowest BCUT2D eigenvalue weighted by molar-refractivity contribution is 0.798. The first-order chi connectivity index (χ1) is 7.70. The first kappa shape index (κ1) is 11.9. The number of hydrogen-bond acceptors (Lipinski definition) is 2. The van der Waals surface area contributed by atoms with Gasteiger partial charge in [-0.3, -0.25) is 0 Å². The Morgan fingerprint density at radius 1 is 1.31 bits per heavy atom. The number of aryl methyl sites for hydroxylation is 1. The molecule has 2 aromatic rings. The second-order valence-electron chi connectivity index (χ2n) is 3.19. The fraction of sp³-hybridized carbons (Fsp3) is 0.200. The third kappa shape index (κ3) is 2.56. The van der Waals surface area contributed by atoms with Crippen molar-refractivity contribution in [2.75, 3.05) is 5.33 Å². The maximum absolute atomic E-state index is 6.06. The number of halogens is 3. The van der Waals surface area contributed by atoms with Crippen LogP contribution in [0.4, 0.5) is 0 Å². The van der Waals surface area contributed by atoms with Crippen LogP contribution in [0.1, 0.15) is 5.69 Å². The van der Waals surface area contributed by atoms with E-state index in [1.165, 1.54) is 0 Å². The molecule has 3 nitrogen and oxygen atoms in total. The van der Waals surface area contributed by atoms with Gasteiger partial charge < -0.3 is 0 Å². The molecule has 0 saturated carbocycles. The van der Waals surface area contributed by atoms with Gasteiger partial charge in [0.2, 0.25) is 0 Å². The Labute approximate surface area is 111 Å². The summed E-state index contributed by atoms with van der Waals surface area (Å²) in [6.07, 6.45) is 2.68. The van der Waals surface area contributed by atoms with Crippen LogP contribution in [0.15, 0.2) is 24.4 Å². The number of rotatable bonds is 3. The molecule has 0 spiro atoms. The molecule has 1 aromatic carbocycles. The fourth-order valence-electron chi connectivity index (χ4n) is 1.29. The van der Waals surface area contributed by atoms with E-state index in [9.17, 15) is 0 Å². The maximum atomic E-state index is 6.06. The van der Waals surface area contributed by atoms with Gasteiger partial charge in [-0.1, -0.05) is 44.3 Å². The van der Waals surface area contributed by atoms with Gasteiger partial charge in [-0.25, -0.2) is 4.68 Å². The van der Waals surface area contributed by atoms with E-state index in [1.807, 2.05) is 6.20 Å². The van der Waals surface area contributed by atoms with Crippen molar-refractivity contribution in [1.29, 1.82) is 0 Å². The van der Waals surface area contributed by atoms with Crippen molar-refractivity contribution in [1.82, 2.24) is 15.0 Å². The van der Waals surface area contributed by atoms with Gasteiger partial charge in [-0.05, 0) is 18.2 Å². The van der Waals surface area contributed by atoms with Crippen LogP contribution < -0.4 is 0 Å². The second-order valence-corrected chi connectivity index (χ2v) is 4.83. The molecule has 0 saturated heterocycles. The molecule has 0 fully saturated rings. The van der Waals surface area contributed by atoms with Crippen LogP contribution in [0.5, 0.6) is 0 Å². The number of benzene rings is 1. The number of hydrogen-bond donors (Lipinski definition) is 0. The average molecular weight is 321 g/mol. The van der Waals surface area contributed by atoms with Crippen molar-refractivity contribution in [2.24, 2.45) is 0 Å². The van der Waals surface area contributed by atoms with E-state index in [-0.39, 0.29) is 0 Å². The Bertz CT molecular complexity index is 499. The zero-order valence-electron chi connectivity index (χ0n) is 8.20. The monoisotopic (exact) mass is 319 g/mol. The molecule has 0 amide bonds. The molecule has 0 radical (unpaired) electrons. The Morgan fingerprint density at radius 2 is 2.12 bits per heavy atom. The van der Waals surface area contributed by atoms with E-state index < -0.39 is 0 Å². The highest BCUT2D eigenvalue weighted by molar-refractivity contribution is 9.09. The van der Waals surface area contributed by atoms with Gasteiger partial charge in [0, 0.05) is 16.8 Å². The lowest BCUT2D eigenvalue weighted by Gasteiger charge is -2.02. The minimum atomic E-state index is 0.597. The van der Waals surface area contributed by atoms with Crippen molar-refractivity contribution in [3.05, 3.63) is 40.1 Å². The van der Waals surface area contributed by atoms with Gasteiger partial charge in [0.05, 0.1) is 22.6 Å². The molecule has 6 heteroatoms. The molecule has 1 heterocycles. The summed E-state index contributed by atoms with van der Waals surface area (Å²) in [5.74, 6) is 0. The topological polar surface area (TPSA) is 30.7 Å². The van der Waals surface area contributed by atoms with Crippen LogP contribution in [-0.4, -0.2) is 20.3 Å². The SMILES string of the molecule is Clc1ccc(Cl)c(-n2cc(CCBr)nn2)c1. The van der Waals surface area contributed by atoms with Crippen molar-refractivity contribution in [3.8, 4) is 5.69 Å². The van der Waals surface area contributed by atoms with Crippen molar-refractivity contribution >= 4 is 39.1 Å². The molecule has 0 bridgehead atoms. The first-order valence-corrected chi connectivity index (χ1v) is 6.51. The summed E-state index contributed by atoms with van der Waals surface area (Å²) < 4.78 is 1.63. The van der Waals surface area contributed by atoms with Gasteiger partial charge in [0.25, 0.3) is 0 Å². The summed E-state index contributed by atoms with van der Waals surface area (Å²) in [6, 6.07) is 5.24. The number of alkyl halides is 1. The predicted octanol–water partition coefficient (Wildman–Crippen LogP) is 3.51. The fourth-order valence-corrected chi connectivity index (χ4v) is 2.07. The van der Waals surface area contributed by atoms with Crippen molar-refractivity contribution in [2.45, 2.75) is 6.42 Å². The summed E-state index contributed by atoms with van der Waals surface area (Å²) in [7, 11) is 0. The van der Waals surface area contributed by atoms with Crippen molar-refractivity contribution < 1.29 is 0 Å². The highest BCUT2D eigenvalue weighted by atomic mass is 79.9. The summed E-state index contributed by atoms with van der Waals surface area (Å²) in [5.41, 5.74) is 1.65. The van der Waals surface area contributed by atoms with Gasteiger partial charge in [0.15, 0.2) is 0 Å². The van der Waals surface area contributed by atoms with E-state index in [1.54, 1.807) is 22.9 Å². The molecule has 0 N–H and O–H groups in total. The second kappa shape index (κ2) is 5.17. The van der Waals surface area contributed by atoms with E-state index in [0.717, 1.165) is 23.1 Å². The van der Waals surface area contributed by atoms with E-state index in [4.69, 9.17) is 23.2 Å². The predicted molar refractivity (Wildman–Crippen MR) is 68.9 cm³/mol. The molecule has 84 valence electrons. The third-order valence-electron chi connectivity index (χ3n) is 2.05. The smallest absolute Gasteiger partial charge is 0.0864 e. The van der Waals surface area contributed by atoms with Gasteiger partial charge in [-0.15, -0.1) is 5.10 Å². The van der Waals surface area contributed by atoms with Crippen LogP contribution in [0.2, 0.25) is 10.0 Å². The molecule has 16 heavy (non-hydrogen) atoms. The van der Waals surface area contributed by atoms with Crippen LogP contribution in [-0.2, 0) is 6.42 Å². The minimum absolute atomic E-state index is 0.597. The number of aromatic nitrogens is 3. The standard InChI is InChI=1S/C10H8BrCl2N3/c11-4-3-8-6-16(15-14-8)10-5-7(12)1-2-9(10)13/h1-2,5-6H,3-4H2. The summed E-state index contributed by atoms with van der Waals surface area (Å²) in [5, 5.41) is 10.1. The molecule has 1 aromatic heterocycles. The number of nitrogens with zero attached hydrogens (tertiary/aromatic N) is 3. The van der Waals surface area contributed by atoms with Crippen molar-refractivity contribution in [3.63, 3.8) is 0 Å². The Hall–Kier alpha value is -0.580. The molecule has 0 atom stereocenters. The Balaban J connectivity index is 2.38. The molecular weight excluding hydrogens is 313 g/mol. The highest BCUT2D eigenvalue weighted by Crippen LogP contribution is 2.23. The van der Waals surface area contributed by atoms with Crippen LogP contribution in [0.3, 0.4) is 0 Å². The summed E-state index contributed by atoms with van der Waals surface area (Å²) in [4.78, 5) is 0. The quantitative estimate of drug-likeness (QED) is 0.810. The van der Waals surface area contributed by atoms with E-state index in [2.05, 4.69) is 26.2 Å². The van der Waals surface area contributed by atoms with Crippen LogP contribution in [0, 0.1) is 0 Å². The normalized spacial score (nSPS) is 10.7. The molecule has 0 aliphatic rings. The van der Waals surface area contributed by atoms with Gasteiger partial charge >= 0.3 is 0 Å². The van der Waals surface area contributed by atoms with E-state index in [0.29, 0.717) is 10.0 Å². The summed E-state index contributed by atoms with van der Waals surface area (Å²) >= 11 is 15.3. The lowest BCUT2D eigenvalue weighted by atomic mass is 10.3. The Morgan fingerprint density at radius 3 is 2.88 bits per heavy atom. The summed E-state index contributed by atoms with van der Waals surface area (Å²) in [6.45, 7) is 0. The average Bonchev–Trinajstić information content (AvgIpc) is 2.71. The Kier molecular flexibility index (Phi) is 3.84. The largest absolute Gasteiger partial charge is 0.219 e. The lowest BCUT2D eigenvalue weighted by Crippen LogP contribution is -1.95. The zero-order chi connectivity index (χ0) is 11.5. The molecule has 0 unspecified atom stereocenters. The third-order valence-corrected chi connectivity index (χ3v) is 3.00. The maximum Gasteiger partial charge on any atom is 0.0864 e. The van der Waals surface area contributed by atoms with Gasteiger partial charge in [-0.2, -0.15) is 0 Å². The van der Waals surface area contributed by atoms with E-state index >= 15 is 0 Å². The van der Waals surface area contributed by atoms with Crippen LogP contribution >= 0.6 is 39.1 Å². The van der Waals surface area contributed by atoms with Gasteiger partial charge in [0.1, 0.15) is 0 Å². The first-order valence-electron chi connectivity index (χ1n) is 4.63.